The fourth-order valence-electron chi connectivity index (χ4n) is 3.78. The molecular weight excluding hydrogens is 542 g/mol. The van der Waals surface area contributed by atoms with Crippen LogP contribution in [-0.2, 0) is 4.74 Å². The first-order valence-electron chi connectivity index (χ1n) is 11.0. The van der Waals surface area contributed by atoms with Crippen molar-refractivity contribution < 1.29 is 19.1 Å². The number of pyridine rings is 1. The number of anilines is 1. The number of hydrogen-bond donors (Lipinski definition) is 1. The molecule has 0 bridgehead atoms. The Balaban J connectivity index is 1.84. The lowest BCUT2D eigenvalue weighted by Gasteiger charge is -2.11. The number of aromatic nitrogens is 1. The second kappa shape index (κ2) is 10.2. The number of amides is 2. The Kier molecular flexibility index (Phi) is 7.23. The van der Waals surface area contributed by atoms with Crippen LogP contribution in [0.15, 0.2) is 53.0 Å². The molecule has 0 aliphatic carbocycles. The number of rotatable bonds is 5. The molecule has 9 heteroatoms. The molecule has 0 spiro atoms. The second-order valence-corrected chi connectivity index (χ2v) is 10.4. The zero-order chi connectivity index (χ0) is 26.1. The maximum absolute atomic E-state index is 13.7. The molecule has 0 aliphatic heterocycles. The Morgan fingerprint density at radius 2 is 1.72 bits per heavy atom. The minimum Gasteiger partial charge on any atom is -0.465 e. The van der Waals surface area contributed by atoms with E-state index in [1.807, 2.05) is 49.4 Å². The molecule has 2 aromatic heterocycles. The number of carbonyl (C=O) groups excluding carboxylic acids is 3. The predicted octanol–water partition coefficient (Wildman–Crippen LogP) is 6.08. The zero-order valence-electron chi connectivity index (χ0n) is 20.4. The Hall–Kier alpha value is -3.56. The van der Waals surface area contributed by atoms with Gasteiger partial charge in [-0.15, -0.1) is 11.3 Å². The minimum atomic E-state index is -0.625. The third-order valence-corrected chi connectivity index (χ3v) is 7.41. The Morgan fingerprint density at radius 1 is 1.03 bits per heavy atom. The largest absolute Gasteiger partial charge is 0.465 e. The summed E-state index contributed by atoms with van der Waals surface area (Å²) < 4.78 is 5.75. The summed E-state index contributed by atoms with van der Waals surface area (Å²) in [6, 6.07) is 15.2. The van der Waals surface area contributed by atoms with E-state index in [0.717, 1.165) is 26.9 Å². The van der Waals surface area contributed by atoms with E-state index in [1.54, 1.807) is 27.1 Å². The highest BCUT2D eigenvalue weighted by atomic mass is 79.9. The quantitative estimate of drug-likeness (QED) is 0.296. The number of nitrogens with one attached hydrogen (secondary N) is 1. The lowest BCUT2D eigenvalue weighted by atomic mass is 10.0. The van der Waals surface area contributed by atoms with Crippen LogP contribution in [-0.4, -0.2) is 48.9 Å². The van der Waals surface area contributed by atoms with Crippen molar-refractivity contribution >= 4 is 61.0 Å². The van der Waals surface area contributed by atoms with Gasteiger partial charge in [-0.05, 0) is 43.7 Å². The van der Waals surface area contributed by atoms with E-state index in [-0.39, 0.29) is 16.5 Å². The maximum Gasteiger partial charge on any atom is 0.341 e. The lowest BCUT2D eigenvalue weighted by Crippen LogP contribution is -2.21. The number of carbonyl (C=O) groups is 3. The molecule has 4 aromatic rings. The summed E-state index contributed by atoms with van der Waals surface area (Å²) in [4.78, 5) is 45.5. The van der Waals surface area contributed by atoms with Crippen molar-refractivity contribution in [1.82, 2.24) is 9.88 Å². The lowest BCUT2D eigenvalue weighted by molar-refractivity contribution is 0.0601. The number of benzene rings is 2. The molecule has 2 aromatic carbocycles. The van der Waals surface area contributed by atoms with E-state index >= 15 is 0 Å². The number of methoxy groups -OCH3 is 1. The summed E-state index contributed by atoms with van der Waals surface area (Å²) in [5.41, 5.74) is 4.31. The highest BCUT2D eigenvalue weighted by Gasteiger charge is 2.28. The molecule has 0 atom stereocenters. The van der Waals surface area contributed by atoms with Gasteiger partial charge in [0, 0.05) is 29.5 Å². The van der Waals surface area contributed by atoms with Crippen LogP contribution < -0.4 is 5.32 Å². The monoisotopic (exact) mass is 565 g/mol. The van der Waals surface area contributed by atoms with Gasteiger partial charge in [0.2, 0.25) is 0 Å². The standard InChI is InChI=1S/C27H24BrN3O4S/c1-14-6-8-16(9-7-14)21-13-19(18-12-17(28)10-11-20(18)29-21)24(32)30-25-22(27(34)35-5)15(2)23(36-25)26(33)31(3)4/h6-13H,1-5H3,(H,30,32). The summed E-state index contributed by atoms with van der Waals surface area (Å²) in [6.07, 6.45) is 0. The first-order valence-corrected chi connectivity index (χ1v) is 12.6. The van der Waals surface area contributed by atoms with Crippen molar-refractivity contribution in [3.8, 4) is 11.3 Å². The molecule has 184 valence electrons. The number of aryl methyl sites for hydroxylation is 1. The van der Waals surface area contributed by atoms with Crippen LogP contribution in [0.2, 0.25) is 0 Å². The molecule has 2 heterocycles. The average Bonchev–Trinajstić information content (AvgIpc) is 3.17. The van der Waals surface area contributed by atoms with Gasteiger partial charge in [-0.25, -0.2) is 9.78 Å². The number of halogens is 1. The van der Waals surface area contributed by atoms with E-state index in [1.165, 1.54) is 12.0 Å². The SMILES string of the molecule is COC(=O)c1c(NC(=O)c2cc(-c3ccc(C)cc3)nc3ccc(Br)cc23)sc(C(=O)N(C)C)c1C. The summed E-state index contributed by atoms with van der Waals surface area (Å²) >= 11 is 4.53. The van der Waals surface area contributed by atoms with Crippen molar-refractivity contribution in [1.29, 1.82) is 0 Å². The summed E-state index contributed by atoms with van der Waals surface area (Å²) in [5, 5.41) is 3.77. The van der Waals surface area contributed by atoms with Crippen molar-refractivity contribution in [3.05, 3.63) is 80.1 Å². The molecule has 36 heavy (non-hydrogen) atoms. The van der Waals surface area contributed by atoms with Gasteiger partial charge in [0.15, 0.2) is 0 Å². The van der Waals surface area contributed by atoms with E-state index in [2.05, 4.69) is 21.2 Å². The highest BCUT2D eigenvalue weighted by Crippen LogP contribution is 2.35. The summed E-state index contributed by atoms with van der Waals surface area (Å²) in [5.74, 6) is -1.31. The van der Waals surface area contributed by atoms with E-state index < -0.39 is 11.9 Å². The Bertz CT molecular complexity index is 1510. The van der Waals surface area contributed by atoms with Gasteiger partial charge in [0.1, 0.15) is 5.00 Å². The van der Waals surface area contributed by atoms with Crippen LogP contribution in [0.1, 0.15) is 41.5 Å². The van der Waals surface area contributed by atoms with Crippen LogP contribution in [0.3, 0.4) is 0 Å². The first-order chi connectivity index (χ1) is 17.1. The second-order valence-electron chi connectivity index (χ2n) is 8.49. The van der Waals surface area contributed by atoms with Gasteiger partial charge in [-0.2, -0.15) is 0 Å². The van der Waals surface area contributed by atoms with Crippen molar-refractivity contribution in [2.75, 3.05) is 26.5 Å². The molecule has 0 radical (unpaired) electrons. The van der Waals surface area contributed by atoms with E-state index in [9.17, 15) is 14.4 Å². The van der Waals surface area contributed by atoms with Gasteiger partial charge in [0.25, 0.3) is 11.8 Å². The molecular formula is C27H24BrN3O4S. The molecule has 0 unspecified atom stereocenters. The molecule has 2 amide bonds. The van der Waals surface area contributed by atoms with E-state index in [0.29, 0.717) is 32.6 Å². The predicted molar refractivity (Wildman–Crippen MR) is 146 cm³/mol. The van der Waals surface area contributed by atoms with Crippen molar-refractivity contribution in [2.24, 2.45) is 0 Å². The van der Waals surface area contributed by atoms with Crippen LogP contribution in [0, 0.1) is 13.8 Å². The van der Waals surface area contributed by atoms with E-state index in [4.69, 9.17) is 9.72 Å². The number of fused-ring (bicyclic) bond motifs is 1. The van der Waals surface area contributed by atoms with Gasteiger partial charge < -0.3 is 15.0 Å². The third-order valence-electron chi connectivity index (χ3n) is 5.73. The maximum atomic E-state index is 13.7. The molecule has 0 saturated heterocycles. The van der Waals surface area contributed by atoms with Crippen LogP contribution >= 0.6 is 27.3 Å². The normalized spacial score (nSPS) is 10.8. The molecule has 1 N–H and O–H groups in total. The average molecular weight is 566 g/mol. The van der Waals surface area contributed by atoms with Crippen LogP contribution in [0.4, 0.5) is 5.00 Å². The fourth-order valence-corrected chi connectivity index (χ4v) is 5.36. The number of thiophene rings is 1. The molecule has 7 nitrogen and oxygen atoms in total. The topological polar surface area (TPSA) is 88.6 Å². The van der Waals surface area contributed by atoms with Gasteiger partial charge in [0.05, 0.1) is 34.3 Å². The molecule has 0 aliphatic rings. The summed E-state index contributed by atoms with van der Waals surface area (Å²) in [6.45, 7) is 3.68. The number of hydrogen-bond acceptors (Lipinski definition) is 6. The fraction of sp³-hybridized carbons (Fsp3) is 0.185. The van der Waals surface area contributed by atoms with Crippen LogP contribution in [0.5, 0.6) is 0 Å². The summed E-state index contributed by atoms with van der Waals surface area (Å²) in [7, 11) is 4.52. The Labute approximate surface area is 221 Å². The first kappa shape index (κ1) is 25.5. The highest BCUT2D eigenvalue weighted by molar-refractivity contribution is 9.10. The number of ether oxygens (including phenoxy) is 1. The van der Waals surface area contributed by atoms with Crippen molar-refractivity contribution in [3.63, 3.8) is 0 Å². The number of nitrogens with zero attached hydrogens (tertiary/aromatic N) is 2. The molecule has 0 fully saturated rings. The smallest absolute Gasteiger partial charge is 0.341 e. The Morgan fingerprint density at radius 3 is 2.36 bits per heavy atom. The zero-order valence-corrected chi connectivity index (χ0v) is 22.8. The van der Waals surface area contributed by atoms with Gasteiger partial charge in [-0.1, -0.05) is 45.8 Å². The molecule has 0 saturated carbocycles. The minimum absolute atomic E-state index is 0.166. The van der Waals surface area contributed by atoms with Crippen molar-refractivity contribution in [2.45, 2.75) is 13.8 Å². The third kappa shape index (κ3) is 4.89. The van der Waals surface area contributed by atoms with Gasteiger partial charge >= 0.3 is 5.97 Å². The number of esters is 1. The van der Waals surface area contributed by atoms with Gasteiger partial charge in [-0.3, -0.25) is 9.59 Å². The van der Waals surface area contributed by atoms with Crippen LogP contribution in [0.25, 0.3) is 22.2 Å². The molecule has 4 rings (SSSR count).